The van der Waals surface area contributed by atoms with Gasteiger partial charge in [-0.05, 0) is 62.2 Å². The molecule has 0 spiro atoms. The monoisotopic (exact) mass is 514 g/mol. The lowest BCUT2D eigenvalue weighted by Crippen LogP contribution is -2.19. The maximum absolute atomic E-state index is 9.73. The van der Waals surface area contributed by atoms with Crippen LogP contribution in [-0.2, 0) is 7.05 Å². The summed E-state index contributed by atoms with van der Waals surface area (Å²) >= 11 is 8.10. The van der Waals surface area contributed by atoms with Gasteiger partial charge in [0.05, 0.1) is 21.8 Å². The molecular formula is C28H27ClN6S. The highest BCUT2D eigenvalue weighted by molar-refractivity contribution is 7.99. The largest absolute Gasteiger partial charge is 0.354 e. The van der Waals surface area contributed by atoms with E-state index in [1.165, 1.54) is 37.7 Å². The minimum atomic E-state index is 0.485. The number of nitrogens with one attached hydrogen (secondary N) is 1. The third-order valence-electron chi connectivity index (χ3n) is 6.31. The Bertz CT molecular complexity index is 1450. The lowest BCUT2D eigenvalue weighted by molar-refractivity contribution is 0.346. The molecule has 2 aromatic heterocycles. The number of halogens is 1. The maximum atomic E-state index is 9.73. The number of imidazole rings is 1. The average Bonchev–Trinajstić information content (AvgIpc) is 3.55. The normalized spacial score (nSPS) is 14.0. The molecule has 0 saturated carbocycles. The standard InChI is InChI=1S/C28H27ClN6S/c1-34-15-11-31-28(34)36-26-10-8-22(17-24(26)29)33-27-21(18-30)19-32-25-16-20(7-9-23(25)27)6-2-3-12-35-13-4-5-14-35/h2,6-11,15-17,19H,3-5,12-14H2,1H3,(H,32,33)/b6-2+. The fraction of sp³-hybridized carbons (Fsp3) is 0.250. The SMILES string of the molecule is Cn1ccnc1Sc1ccc(Nc2c(C#N)cnc3cc(/C=C/CCN4CCCC4)ccc23)cc1Cl. The van der Waals surface area contributed by atoms with Gasteiger partial charge in [-0.15, -0.1) is 0 Å². The molecule has 6 nitrogen and oxygen atoms in total. The number of aromatic nitrogens is 3. The Labute approximate surface area is 220 Å². The van der Waals surface area contributed by atoms with E-state index >= 15 is 0 Å². The fourth-order valence-electron chi connectivity index (χ4n) is 4.37. The predicted molar refractivity (Wildman–Crippen MR) is 148 cm³/mol. The first kappa shape index (κ1) is 24.4. The Kier molecular flexibility index (Phi) is 7.57. The molecule has 0 radical (unpaired) electrons. The molecule has 3 heterocycles. The molecule has 5 rings (SSSR count). The Morgan fingerprint density at radius 1 is 1.17 bits per heavy atom. The molecule has 1 N–H and O–H groups in total. The van der Waals surface area contributed by atoms with Crippen LogP contribution in [-0.4, -0.2) is 39.1 Å². The summed E-state index contributed by atoms with van der Waals surface area (Å²) in [6.07, 6.45) is 13.4. The minimum Gasteiger partial charge on any atom is -0.354 e. The van der Waals surface area contributed by atoms with Crippen LogP contribution in [0, 0.1) is 11.3 Å². The van der Waals surface area contributed by atoms with Gasteiger partial charge in [0, 0.05) is 48.2 Å². The third-order valence-corrected chi connectivity index (χ3v) is 7.89. The van der Waals surface area contributed by atoms with E-state index in [0.717, 1.165) is 50.9 Å². The quantitative estimate of drug-likeness (QED) is 0.276. The van der Waals surface area contributed by atoms with Gasteiger partial charge in [0.2, 0.25) is 0 Å². The van der Waals surface area contributed by atoms with Crippen LogP contribution in [0.3, 0.4) is 0 Å². The van der Waals surface area contributed by atoms with Crippen molar-refractivity contribution >= 4 is 51.7 Å². The summed E-state index contributed by atoms with van der Waals surface area (Å²) < 4.78 is 1.95. The van der Waals surface area contributed by atoms with Gasteiger partial charge in [0.15, 0.2) is 5.16 Å². The number of rotatable bonds is 8. The summed E-state index contributed by atoms with van der Waals surface area (Å²) in [6.45, 7) is 3.56. The Morgan fingerprint density at radius 3 is 2.78 bits per heavy atom. The number of hydrogen-bond donors (Lipinski definition) is 1. The van der Waals surface area contributed by atoms with E-state index in [1.807, 2.05) is 42.1 Å². The molecule has 2 aromatic carbocycles. The van der Waals surface area contributed by atoms with Crippen molar-refractivity contribution in [3.8, 4) is 6.07 Å². The predicted octanol–water partition coefficient (Wildman–Crippen LogP) is 6.89. The molecule has 0 amide bonds. The minimum absolute atomic E-state index is 0.485. The molecule has 8 heteroatoms. The molecule has 182 valence electrons. The second-order valence-electron chi connectivity index (χ2n) is 8.87. The summed E-state index contributed by atoms with van der Waals surface area (Å²) in [5.74, 6) is 0. The molecule has 36 heavy (non-hydrogen) atoms. The number of likely N-dealkylation sites (tertiary alicyclic amines) is 1. The zero-order valence-electron chi connectivity index (χ0n) is 20.1. The number of nitriles is 1. The van der Waals surface area contributed by atoms with Crippen molar-refractivity contribution in [2.24, 2.45) is 7.05 Å². The van der Waals surface area contributed by atoms with Gasteiger partial charge in [-0.25, -0.2) is 4.98 Å². The molecule has 0 atom stereocenters. The molecule has 0 aliphatic carbocycles. The number of pyridine rings is 1. The van der Waals surface area contributed by atoms with Crippen molar-refractivity contribution in [1.82, 2.24) is 19.4 Å². The molecule has 1 saturated heterocycles. The highest BCUT2D eigenvalue weighted by Gasteiger charge is 2.13. The highest BCUT2D eigenvalue weighted by atomic mass is 35.5. The van der Waals surface area contributed by atoms with Crippen LogP contribution >= 0.6 is 23.4 Å². The van der Waals surface area contributed by atoms with Gasteiger partial charge in [0.25, 0.3) is 0 Å². The number of benzene rings is 2. The number of aryl methyl sites for hydroxylation is 1. The first-order valence-corrected chi connectivity index (χ1v) is 13.2. The summed E-state index contributed by atoms with van der Waals surface area (Å²) in [6, 6.07) is 14.2. The molecule has 1 aliphatic rings. The van der Waals surface area contributed by atoms with Gasteiger partial charge in [-0.2, -0.15) is 5.26 Å². The van der Waals surface area contributed by atoms with Crippen LogP contribution in [0.4, 0.5) is 11.4 Å². The van der Waals surface area contributed by atoms with Crippen LogP contribution in [0.5, 0.6) is 0 Å². The lowest BCUT2D eigenvalue weighted by atomic mass is 10.1. The summed E-state index contributed by atoms with van der Waals surface area (Å²) in [4.78, 5) is 12.3. The van der Waals surface area contributed by atoms with E-state index in [0.29, 0.717) is 10.6 Å². The van der Waals surface area contributed by atoms with Gasteiger partial charge in [-0.3, -0.25) is 4.98 Å². The molecule has 1 fully saturated rings. The third kappa shape index (κ3) is 5.57. The zero-order chi connectivity index (χ0) is 24.9. The first-order chi connectivity index (χ1) is 17.6. The second kappa shape index (κ2) is 11.2. The maximum Gasteiger partial charge on any atom is 0.172 e. The molecule has 0 unspecified atom stereocenters. The Morgan fingerprint density at radius 2 is 2.03 bits per heavy atom. The number of anilines is 2. The van der Waals surface area contributed by atoms with Gasteiger partial charge >= 0.3 is 0 Å². The van der Waals surface area contributed by atoms with Crippen LogP contribution in [0.15, 0.2) is 71.1 Å². The Balaban J connectivity index is 1.35. The second-order valence-corrected chi connectivity index (χ2v) is 10.3. The number of nitrogens with zero attached hydrogens (tertiary/aromatic N) is 5. The molecule has 0 bridgehead atoms. The first-order valence-electron chi connectivity index (χ1n) is 12.0. The van der Waals surface area contributed by atoms with Gasteiger partial charge in [0.1, 0.15) is 6.07 Å². The van der Waals surface area contributed by atoms with Crippen LogP contribution in [0.25, 0.3) is 17.0 Å². The van der Waals surface area contributed by atoms with E-state index in [-0.39, 0.29) is 0 Å². The number of hydrogen-bond acceptors (Lipinski definition) is 6. The number of fused-ring (bicyclic) bond motifs is 1. The summed E-state index contributed by atoms with van der Waals surface area (Å²) in [5, 5.41) is 15.5. The van der Waals surface area contributed by atoms with Crippen molar-refractivity contribution in [1.29, 1.82) is 5.26 Å². The van der Waals surface area contributed by atoms with Crippen molar-refractivity contribution < 1.29 is 0 Å². The van der Waals surface area contributed by atoms with E-state index in [9.17, 15) is 5.26 Å². The van der Waals surface area contributed by atoms with Crippen molar-refractivity contribution in [2.75, 3.05) is 25.0 Å². The van der Waals surface area contributed by atoms with Crippen molar-refractivity contribution in [3.63, 3.8) is 0 Å². The summed E-state index contributed by atoms with van der Waals surface area (Å²) in [5.41, 5.74) is 3.96. The smallest absolute Gasteiger partial charge is 0.172 e. The van der Waals surface area contributed by atoms with Crippen LogP contribution < -0.4 is 5.32 Å². The van der Waals surface area contributed by atoms with E-state index in [4.69, 9.17) is 11.6 Å². The van der Waals surface area contributed by atoms with E-state index < -0.39 is 0 Å². The lowest BCUT2D eigenvalue weighted by Gasteiger charge is -2.13. The topological polar surface area (TPSA) is 69.8 Å². The van der Waals surface area contributed by atoms with E-state index in [1.54, 1.807) is 12.4 Å². The van der Waals surface area contributed by atoms with Gasteiger partial charge < -0.3 is 14.8 Å². The van der Waals surface area contributed by atoms with Crippen molar-refractivity contribution in [3.05, 3.63) is 77.2 Å². The average molecular weight is 515 g/mol. The van der Waals surface area contributed by atoms with Crippen LogP contribution in [0.1, 0.15) is 30.4 Å². The highest BCUT2D eigenvalue weighted by Crippen LogP contribution is 2.36. The zero-order valence-corrected chi connectivity index (χ0v) is 21.7. The molecular weight excluding hydrogens is 488 g/mol. The van der Waals surface area contributed by atoms with Crippen LogP contribution in [0.2, 0.25) is 5.02 Å². The Hall–Kier alpha value is -3.31. The van der Waals surface area contributed by atoms with Crippen molar-refractivity contribution in [2.45, 2.75) is 29.3 Å². The fourth-order valence-corrected chi connectivity index (χ4v) is 5.47. The summed E-state index contributed by atoms with van der Waals surface area (Å²) in [7, 11) is 1.95. The van der Waals surface area contributed by atoms with E-state index in [2.05, 4.69) is 50.5 Å². The molecule has 1 aliphatic heterocycles. The molecule has 4 aromatic rings. The van der Waals surface area contributed by atoms with Gasteiger partial charge in [-0.1, -0.05) is 47.6 Å².